The largest absolute Gasteiger partial charge is 0.495 e. The number of rotatable bonds is 27. The Kier molecular flexibility index (Phi) is 31.9. The van der Waals surface area contributed by atoms with Crippen LogP contribution in [-0.4, -0.2) is 143 Å². The molecule has 30 nitrogen and oxygen atoms in total. The van der Waals surface area contributed by atoms with Gasteiger partial charge in [-0.25, -0.2) is 58.5 Å². The molecule has 40 heteroatoms. The van der Waals surface area contributed by atoms with Gasteiger partial charge in [-0.3, -0.25) is 49.8 Å². The molecule has 0 saturated carbocycles. The normalized spacial score (nSPS) is 11.3. The van der Waals surface area contributed by atoms with Crippen molar-refractivity contribution in [2.45, 2.75) is 26.6 Å². The molecule has 0 spiro atoms. The molecule has 0 radical (unpaired) electrons. The van der Waals surface area contributed by atoms with E-state index in [2.05, 4.69) is 81.9 Å². The number of ether oxygens (including phenoxy) is 6. The topological polar surface area (TPSA) is 405 Å². The average molecular weight is 1930 g/mol. The number of esters is 1. The Morgan fingerprint density at radius 2 is 0.730 bits per heavy atom. The quantitative estimate of drug-likeness (QED) is 0.0170. The molecule has 8 heterocycles. The Morgan fingerprint density at radius 1 is 0.362 bits per heavy atom. The van der Waals surface area contributed by atoms with E-state index in [1.807, 2.05) is 0 Å². The molecule has 0 saturated heterocycles. The van der Waals surface area contributed by atoms with E-state index in [0.717, 1.165) is 42.5 Å². The first-order valence-corrected chi connectivity index (χ1v) is 42.1. The fourth-order valence-corrected chi connectivity index (χ4v) is 14.2. The maximum Gasteiger partial charge on any atom is 0.341 e. The number of furan rings is 1. The van der Waals surface area contributed by atoms with Gasteiger partial charge < -0.3 is 58.3 Å². The van der Waals surface area contributed by atoms with Crippen LogP contribution in [0.1, 0.15) is 132 Å². The number of benzene rings is 10. The first kappa shape index (κ1) is 98.5. The first-order valence-electron chi connectivity index (χ1n) is 42.1. The summed E-state index contributed by atoms with van der Waals surface area (Å²) in [6.45, 7) is 2.51. The number of H-pyrrole nitrogens is 5. The number of fused-ring (bicyclic) bond motifs is 5. The summed E-state index contributed by atoms with van der Waals surface area (Å²) < 4.78 is 177. The van der Waals surface area contributed by atoms with Gasteiger partial charge in [0.05, 0.1) is 186 Å². The smallest absolute Gasteiger partial charge is 0.341 e. The summed E-state index contributed by atoms with van der Waals surface area (Å²) in [4.78, 5) is 73.6. The fourth-order valence-electron chi connectivity index (χ4n) is 14.2. The Bertz CT molecular complexity index is 7790. The minimum Gasteiger partial charge on any atom is -0.495 e. The van der Waals surface area contributed by atoms with Crippen LogP contribution in [0, 0.1) is 58.2 Å². The lowest BCUT2D eigenvalue weighted by atomic mass is 10.1. The van der Waals surface area contributed by atoms with Gasteiger partial charge in [0.25, 0.3) is 17.7 Å². The van der Waals surface area contributed by atoms with Gasteiger partial charge in [-0.2, -0.15) is 25.5 Å². The summed E-state index contributed by atoms with van der Waals surface area (Å²) in [6.07, 6.45) is 24.6. The van der Waals surface area contributed by atoms with E-state index in [1.54, 1.807) is 123 Å². The number of nitrogens with one attached hydrogen (secondary N) is 8. The number of methoxy groups -OCH3 is 5. The number of aromatic amines is 5. The summed E-state index contributed by atoms with van der Waals surface area (Å²) >= 11 is 0. The molecular weight excluding hydrogens is 1850 g/mol. The molecule has 0 unspecified atom stereocenters. The highest BCUT2D eigenvalue weighted by Gasteiger charge is 2.26. The van der Waals surface area contributed by atoms with Gasteiger partial charge in [0.15, 0.2) is 11.6 Å². The van der Waals surface area contributed by atoms with Crippen molar-refractivity contribution >= 4 is 145 Å². The standard InChI is InChI=1S/C22H17F2N5O2.C22H17F2N3O3.C21H16F2N4O3.C19H16F2N2O3.C17H12F2N2O3/c1-31-21-16(22(30)27-12-15-11-25-8-9-26-15)5-7-19-20(21)18(28-29-19)6-3-13-2-4-14(23)10-17(13)24;1-29-21-16(22(28)25-12-15-3-2-10-30-15)7-9-19-20(21)18(26-27-19)8-5-13-4-6-14(23)11-17(13)24;1-29-20-13(21(28)25-11-18-24-8-9-30-18)4-7-17-19(20)16(26-27-17)6-3-12-2-5-14(22)15(23)10-12;1-3-26-19(24)13-7-9-16-17(18(13)25-2)15(22-23-16)8-5-11-4-6-12(20)10-14(11)21;1-24-16-11(17(22)23)5-7-14-15(16)13(20-21-14)6-3-9-2-4-10(18)8-12(9)19/h2-11H,12H2,1H3,(H,27,30)(H,28,29);2-11H,12H2,1H3,(H,25,28)(H,26,27);2-10H,11H2,1H3,(H,25,28)(H,26,27);4-10H,3H2,1-2H3,(H,22,23);2-8H,1H3,(H,20,21)(H,22,23)/b6-3+;8-5+;6-3+;8-5+;6-3+. The number of aromatic nitrogens is 13. The number of carbonyl (C=O) groups is 5. The van der Waals surface area contributed by atoms with Crippen LogP contribution in [-0.2, 0) is 24.4 Å². The van der Waals surface area contributed by atoms with Gasteiger partial charge in [0.1, 0.15) is 98.4 Å². The number of carboxylic acids is 1. The number of oxazole rings is 1. The van der Waals surface area contributed by atoms with E-state index in [4.69, 9.17) is 37.3 Å². The second-order valence-electron chi connectivity index (χ2n) is 29.7. The summed E-state index contributed by atoms with van der Waals surface area (Å²) in [7, 11) is 7.17. The van der Waals surface area contributed by atoms with E-state index in [-0.39, 0.29) is 83.1 Å². The number of carbonyl (C=O) groups excluding carboxylic acids is 4. The molecule has 0 atom stereocenters. The molecule has 716 valence electrons. The molecule has 141 heavy (non-hydrogen) atoms. The summed E-state index contributed by atoms with van der Waals surface area (Å²) in [6, 6.07) is 36.4. The Labute approximate surface area is 791 Å². The van der Waals surface area contributed by atoms with Gasteiger partial charge in [0.2, 0.25) is 5.89 Å². The van der Waals surface area contributed by atoms with Crippen LogP contribution in [0.3, 0.4) is 0 Å². The third kappa shape index (κ3) is 23.5. The second kappa shape index (κ2) is 45.7. The summed E-state index contributed by atoms with van der Waals surface area (Å²) in [5.41, 5.74) is 8.48. The van der Waals surface area contributed by atoms with Gasteiger partial charge in [-0.1, -0.05) is 12.1 Å². The van der Waals surface area contributed by atoms with E-state index < -0.39 is 70.1 Å². The number of nitrogens with zero attached hydrogens (tertiary/aromatic N) is 8. The van der Waals surface area contributed by atoms with Gasteiger partial charge in [-0.15, -0.1) is 0 Å². The molecule has 0 fully saturated rings. The maximum absolute atomic E-state index is 13.9. The van der Waals surface area contributed by atoms with Crippen molar-refractivity contribution in [3.8, 4) is 28.7 Å². The first-order chi connectivity index (χ1) is 68.2. The van der Waals surface area contributed by atoms with Gasteiger partial charge >= 0.3 is 11.9 Å². The monoisotopic (exact) mass is 1930 g/mol. The number of hydrogen-bond acceptors (Lipinski definition) is 21. The second-order valence-corrected chi connectivity index (χ2v) is 29.7. The molecule has 18 rings (SSSR count). The predicted molar refractivity (Wildman–Crippen MR) is 503 cm³/mol. The zero-order valence-corrected chi connectivity index (χ0v) is 74.8. The van der Waals surface area contributed by atoms with Crippen molar-refractivity contribution in [1.29, 1.82) is 0 Å². The SMILES string of the molecule is CCOC(=O)c1ccc2n[nH]c(/C=C/c3ccc(F)cc3F)c2c1OC.COc1c(C(=O)NCc2ccco2)ccc2n[nH]c(/C=C/c3ccc(F)cc3F)c12.COc1c(C(=O)NCc2cnccn2)ccc2n[nH]c(/C=C/c3ccc(F)cc3F)c12.COc1c(C(=O)NCc2ncco2)ccc2n[nH]c(/C=C/c3ccc(F)c(F)c3)c12.COc1c(C(=O)O)ccc2n[nH]c(/C=C/c3ccc(F)cc3F)c12. The molecule has 9 N–H and O–H groups in total. The highest BCUT2D eigenvalue weighted by Crippen LogP contribution is 2.39. The van der Waals surface area contributed by atoms with Gasteiger partial charge in [-0.05, 0) is 201 Å². The van der Waals surface area contributed by atoms with Crippen LogP contribution < -0.4 is 39.6 Å². The number of aromatic carboxylic acids is 1. The Hall–Kier alpha value is -18.5. The third-order valence-corrected chi connectivity index (χ3v) is 20.9. The molecule has 0 aliphatic carbocycles. The van der Waals surface area contributed by atoms with Crippen LogP contribution in [0.15, 0.2) is 210 Å². The highest BCUT2D eigenvalue weighted by molar-refractivity contribution is 6.09. The number of halogens is 10. The Balaban J connectivity index is 0.000000141. The lowest BCUT2D eigenvalue weighted by molar-refractivity contribution is 0.0521. The van der Waals surface area contributed by atoms with Crippen LogP contribution in [0.2, 0.25) is 0 Å². The Morgan fingerprint density at radius 3 is 1.07 bits per heavy atom. The van der Waals surface area contributed by atoms with Crippen molar-refractivity contribution in [2.75, 3.05) is 42.2 Å². The summed E-state index contributed by atoms with van der Waals surface area (Å²) in [5.74, 6) is -7.46. The minimum atomic E-state index is -1.13. The molecular formula is C101H78F10N16O14. The van der Waals surface area contributed by atoms with Crippen molar-refractivity contribution in [2.24, 2.45) is 0 Å². The molecule has 0 aliphatic heterocycles. The maximum atomic E-state index is 13.9. The zero-order chi connectivity index (χ0) is 99.9. The molecule has 0 bridgehead atoms. The molecule has 0 aliphatic rings. The van der Waals surface area contributed by atoms with E-state index in [9.17, 15) is 73.0 Å². The van der Waals surface area contributed by atoms with Crippen molar-refractivity contribution in [3.05, 3.63) is 361 Å². The van der Waals surface area contributed by atoms with Crippen LogP contribution in [0.25, 0.3) is 115 Å². The van der Waals surface area contributed by atoms with E-state index in [1.165, 1.54) is 139 Å². The lowest BCUT2D eigenvalue weighted by Crippen LogP contribution is -2.24. The third-order valence-electron chi connectivity index (χ3n) is 20.9. The van der Waals surface area contributed by atoms with Crippen molar-refractivity contribution < 1.29 is 110 Å². The predicted octanol–water partition coefficient (Wildman–Crippen LogP) is 20.1. The fraction of sp³-hybridized carbons (Fsp3) is 0.0990. The zero-order valence-electron chi connectivity index (χ0n) is 74.8. The van der Waals surface area contributed by atoms with Crippen molar-refractivity contribution in [1.82, 2.24) is 81.9 Å². The van der Waals surface area contributed by atoms with Gasteiger partial charge in [0, 0.05) is 58.9 Å². The number of amides is 3. The minimum absolute atomic E-state index is 0.00554. The van der Waals surface area contributed by atoms with Crippen LogP contribution >= 0.6 is 0 Å². The van der Waals surface area contributed by atoms with E-state index in [0.29, 0.717) is 146 Å². The van der Waals surface area contributed by atoms with Crippen LogP contribution in [0.4, 0.5) is 43.9 Å². The molecule has 3 amide bonds. The van der Waals surface area contributed by atoms with Crippen LogP contribution in [0.5, 0.6) is 28.7 Å². The lowest BCUT2D eigenvalue weighted by Gasteiger charge is -2.10. The molecule has 18 aromatic rings. The van der Waals surface area contributed by atoms with E-state index >= 15 is 0 Å². The summed E-state index contributed by atoms with van der Waals surface area (Å²) in [5, 5.41) is 55.3. The highest BCUT2D eigenvalue weighted by atomic mass is 19.2. The number of hydrogen-bond donors (Lipinski definition) is 9. The number of carboxylic acid groups (broad SMARTS) is 1. The van der Waals surface area contributed by atoms with Crippen molar-refractivity contribution in [3.63, 3.8) is 0 Å². The molecule has 8 aromatic heterocycles. The average Bonchev–Trinajstić information content (AvgIpc) is 1.69. The molecule has 10 aromatic carbocycles.